The number of Topliss-reactive ketones (excluding diaryl/α,β-unsaturated/α-hetero) is 2. The van der Waals surface area contributed by atoms with Gasteiger partial charge in [-0.3, -0.25) is 37.4 Å². The van der Waals surface area contributed by atoms with Gasteiger partial charge < -0.3 is 9.13 Å². The molecule has 36 heavy (non-hydrogen) atoms. The summed E-state index contributed by atoms with van der Waals surface area (Å²) in [4.78, 5) is 83.0. The number of ketones is 2. The molecule has 0 radical (unpaired) electrons. The number of fused-ring (bicyclic) bond motifs is 2. The molecule has 0 bridgehead atoms. The standard InChI is InChI=1S/C20H22N8O6S2/c1-9(29)7-27-15(31)11-13(25(5)19(27)33)21-17(23(11)3)35-36-18-22-14-12(24(18)4)16(32)28(8-10(2)30)20(34)26(14)6/h7-8H2,1-6H3. The number of imidazole rings is 2. The highest BCUT2D eigenvalue weighted by atomic mass is 33.1. The number of rotatable bonds is 7. The van der Waals surface area contributed by atoms with Crippen LogP contribution in [0.25, 0.3) is 22.3 Å². The Hall–Kier alpha value is -3.66. The molecular weight excluding hydrogens is 512 g/mol. The first-order chi connectivity index (χ1) is 16.8. The summed E-state index contributed by atoms with van der Waals surface area (Å²) >= 11 is 0. The Bertz CT molecular complexity index is 1700. The SMILES string of the molecule is CC(=O)Cn1c(=O)c2c(nc(SSc3nc4c(c(=O)n(CC(C)=O)c(=O)n4C)n3C)n2C)n(C)c1=O. The largest absolute Gasteiger partial charge is 0.332 e. The zero-order valence-corrected chi connectivity index (χ0v) is 21.9. The summed E-state index contributed by atoms with van der Waals surface area (Å²) in [6, 6.07) is 0. The lowest BCUT2D eigenvalue weighted by atomic mass is 10.4. The van der Waals surface area contributed by atoms with Crippen LogP contribution in [0.4, 0.5) is 0 Å². The van der Waals surface area contributed by atoms with E-state index in [9.17, 15) is 28.8 Å². The van der Waals surface area contributed by atoms with Crippen molar-refractivity contribution in [3.8, 4) is 0 Å². The van der Waals surface area contributed by atoms with Crippen LogP contribution in [-0.2, 0) is 50.9 Å². The molecule has 16 heteroatoms. The van der Waals surface area contributed by atoms with Gasteiger partial charge in [0.05, 0.1) is 13.1 Å². The first kappa shape index (κ1) is 25.4. The summed E-state index contributed by atoms with van der Waals surface area (Å²) in [5.74, 6) is -0.668. The van der Waals surface area contributed by atoms with Gasteiger partial charge in [0.25, 0.3) is 11.1 Å². The molecule has 0 fully saturated rings. The number of hydrogen-bond acceptors (Lipinski definition) is 10. The van der Waals surface area contributed by atoms with Crippen molar-refractivity contribution in [3.63, 3.8) is 0 Å². The van der Waals surface area contributed by atoms with Crippen LogP contribution >= 0.6 is 21.6 Å². The summed E-state index contributed by atoms with van der Waals surface area (Å²) in [7, 11) is 8.42. The molecule has 4 rings (SSSR count). The van der Waals surface area contributed by atoms with E-state index in [0.29, 0.717) is 10.3 Å². The van der Waals surface area contributed by atoms with Crippen LogP contribution in [0.2, 0.25) is 0 Å². The molecule has 0 atom stereocenters. The topological polar surface area (TPSA) is 158 Å². The zero-order valence-electron chi connectivity index (χ0n) is 20.3. The third kappa shape index (κ3) is 3.95. The van der Waals surface area contributed by atoms with Crippen molar-refractivity contribution in [3.05, 3.63) is 41.7 Å². The molecule has 0 N–H and O–H groups in total. The van der Waals surface area contributed by atoms with Gasteiger partial charge in [0, 0.05) is 28.2 Å². The lowest BCUT2D eigenvalue weighted by Crippen LogP contribution is -2.40. The van der Waals surface area contributed by atoms with Gasteiger partial charge in [0.2, 0.25) is 0 Å². The second-order valence-electron chi connectivity index (χ2n) is 8.29. The second-order valence-corrected chi connectivity index (χ2v) is 10.4. The maximum Gasteiger partial charge on any atom is 0.332 e. The average molecular weight is 535 g/mol. The monoisotopic (exact) mass is 534 g/mol. The van der Waals surface area contributed by atoms with E-state index in [4.69, 9.17) is 0 Å². The molecule has 0 saturated heterocycles. The van der Waals surface area contributed by atoms with Gasteiger partial charge in [-0.15, -0.1) is 0 Å². The van der Waals surface area contributed by atoms with E-state index in [1.165, 1.54) is 46.2 Å². The van der Waals surface area contributed by atoms with Crippen molar-refractivity contribution in [1.82, 2.24) is 37.4 Å². The van der Waals surface area contributed by atoms with Crippen LogP contribution in [-0.4, -0.2) is 48.9 Å². The molecular formula is C20H22N8O6S2. The Morgan fingerprint density at radius 2 is 0.972 bits per heavy atom. The Morgan fingerprint density at radius 1 is 0.639 bits per heavy atom. The van der Waals surface area contributed by atoms with Gasteiger partial charge in [-0.05, 0) is 35.4 Å². The first-order valence-corrected chi connectivity index (χ1v) is 12.7. The number of nitrogens with zero attached hydrogens (tertiary/aromatic N) is 8. The van der Waals surface area contributed by atoms with Crippen molar-refractivity contribution in [2.75, 3.05) is 0 Å². The minimum absolute atomic E-state index is 0.154. The third-order valence-corrected chi connectivity index (χ3v) is 7.85. The van der Waals surface area contributed by atoms with E-state index in [0.717, 1.165) is 30.7 Å². The number of carbonyl (C=O) groups excluding carboxylic acids is 2. The van der Waals surface area contributed by atoms with Gasteiger partial charge in [-0.2, -0.15) is 0 Å². The van der Waals surface area contributed by atoms with Crippen LogP contribution in [0.15, 0.2) is 29.5 Å². The molecule has 0 saturated carbocycles. The highest BCUT2D eigenvalue weighted by Crippen LogP contribution is 2.37. The van der Waals surface area contributed by atoms with E-state index >= 15 is 0 Å². The quantitative estimate of drug-likeness (QED) is 0.274. The van der Waals surface area contributed by atoms with Gasteiger partial charge >= 0.3 is 11.4 Å². The summed E-state index contributed by atoms with van der Waals surface area (Å²) in [6.45, 7) is 1.89. The summed E-state index contributed by atoms with van der Waals surface area (Å²) in [5.41, 5.74) is -1.92. The summed E-state index contributed by atoms with van der Waals surface area (Å²) in [6.07, 6.45) is 0. The highest BCUT2D eigenvalue weighted by Gasteiger charge is 2.22. The van der Waals surface area contributed by atoms with Gasteiger partial charge in [0.1, 0.15) is 11.6 Å². The second kappa shape index (κ2) is 9.09. The molecule has 14 nitrogen and oxygen atoms in total. The van der Waals surface area contributed by atoms with Gasteiger partial charge in [0.15, 0.2) is 32.6 Å². The normalized spacial score (nSPS) is 11.6. The minimum atomic E-state index is -0.650. The van der Waals surface area contributed by atoms with Gasteiger partial charge in [-0.1, -0.05) is 0 Å². The molecule has 0 aliphatic carbocycles. The Morgan fingerprint density at radius 3 is 1.28 bits per heavy atom. The van der Waals surface area contributed by atoms with Crippen LogP contribution < -0.4 is 22.5 Å². The molecule has 4 aromatic heterocycles. The molecule has 190 valence electrons. The van der Waals surface area contributed by atoms with E-state index < -0.39 is 22.5 Å². The molecule has 4 heterocycles. The minimum Gasteiger partial charge on any atom is -0.316 e. The van der Waals surface area contributed by atoms with Crippen LogP contribution in [0.3, 0.4) is 0 Å². The Labute approximate surface area is 209 Å². The van der Waals surface area contributed by atoms with Crippen LogP contribution in [0, 0.1) is 0 Å². The fourth-order valence-electron chi connectivity index (χ4n) is 3.79. The average Bonchev–Trinajstić information content (AvgIpc) is 3.32. The highest BCUT2D eigenvalue weighted by molar-refractivity contribution is 8.76. The predicted molar refractivity (Wildman–Crippen MR) is 134 cm³/mol. The van der Waals surface area contributed by atoms with Crippen LogP contribution in [0.1, 0.15) is 13.8 Å². The first-order valence-electron chi connectivity index (χ1n) is 10.5. The maximum atomic E-state index is 12.9. The number of aromatic nitrogens is 8. The molecule has 0 amide bonds. The lowest BCUT2D eigenvalue weighted by Gasteiger charge is -2.06. The smallest absolute Gasteiger partial charge is 0.316 e. The van der Waals surface area contributed by atoms with Crippen molar-refractivity contribution >= 4 is 55.5 Å². The fraction of sp³-hybridized carbons (Fsp3) is 0.400. The van der Waals surface area contributed by atoms with Crippen molar-refractivity contribution < 1.29 is 9.59 Å². The maximum absolute atomic E-state index is 12.9. The third-order valence-electron chi connectivity index (χ3n) is 5.59. The Kier molecular flexibility index (Phi) is 6.42. The van der Waals surface area contributed by atoms with E-state index in [1.807, 2.05) is 0 Å². The molecule has 0 unspecified atom stereocenters. The lowest BCUT2D eigenvalue weighted by molar-refractivity contribution is -0.118. The Balaban J connectivity index is 1.79. The number of hydrogen-bond donors (Lipinski definition) is 0. The molecule has 0 aromatic carbocycles. The summed E-state index contributed by atoms with van der Waals surface area (Å²) in [5, 5.41) is 0.746. The zero-order chi connectivity index (χ0) is 26.6. The van der Waals surface area contributed by atoms with Crippen LogP contribution in [0.5, 0.6) is 0 Å². The van der Waals surface area contributed by atoms with E-state index in [-0.39, 0.29) is 47.0 Å². The fourth-order valence-corrected chi connectivity index (χ4v) is 5.94. The molecule has 0 aliphatic heterocycles. The van der Waals surface area contributed by atoms with E-state index in [1.54, 1.807) is 14.1 Å². The van der Waals surface area contributed by atoms with Crippen molar-refractivity contribution in [2.24, 2.45) is 28.2 Å². The van der Waals surface area contributed by atoms with Gasteiger partial charge in [-0.25, -0.2) is 19.6 Å². The summed E-state index contributed by atoms with van der Waals surface area (Å²) < 4.78 is 7.18. The van der Waals surface area contributed by atoms with E-state index in [2.05, 4.69) is 9.97 Å². The molecule has 4 aromatic rings. The molecule has 0 aliphatic rings. The van der Waals surface area contributed by atoms with Crippen molar-refractivity contribution in [1.29, 1.82) is 0 Å². The number of carbonyl (C=O) groups is 2. The predicted octanol–water partition coefficient (Wildman–Crippen LogP) is -0.842. The number of aryl methyl sites for hydroxylation is 4. The van der Waals surface area contributed by atoms with Crippen molar-refractivity contribution in [2.45, 2.75) is 37.2 Å². The molecule has 0 spiro atoms.